The van der Waals surface area contributed by atoms with Gasteiger partial charge in [-0.25, -0.2) is 14.4 Å². The fraction of sp³-hybridized carbons (Fsp3) is 0.324. The maximum atomic E-state index is 13.8. The summed E-state index contributed by atoms with van der Waals surface area (Å²) in [6, 6.07) is 12.3. The van der Waals surface area contributed by atoms with Crippen molar-refractivity contribution in [2.24, 2.45) is 11.7 Å². The van der Waals surface area contributed by atoms with Gasteiger partial charge in [0.05, 0.1) is 24.9 Å². The second kappa shape index (κ2) is 13.0. The number of aryl methyl sites for hydroxylation is 3. The normalized spacial score (nSPS) is 14.1. The molecule has 0 spiro atoms. The van der Waals surface area contributed by atoms with Crippen molar-refractivity contribution in [1.29, 1.82) is 0 Å². The number of nitrogens with one attached hydrogen (secondary N) is 1. The van der Waals surface area contributed by atoms with E-state index in [0.717, 1.165) is 22.9 Å². The van der Waals surface area contributed by atoms with Crippen LogP contribution in [0.2, 0.25) is 0 Å². The van der Waals surface area contributed by atoms with E-state index >= 15 is 0 Å². The van der Waals surface area contributed by atoms with E-state index in [1.807, 2.05) is 19.9 Å². The van der Waals surface area contributed by atoms with Crippen LogP contribution in [0.1, 0.15) is 45.7 Å². The highest BCUT2D eigenvalue weighted by molar-refractivity contribution is 6.00. The highest BCUT2D eigenvalue weighted by atomic mass is 19.1. The number of alkyl halides is 1. The molecule has 1 aliphatic carbocycles. The Bertz CT molecular complexity index is 1780. The Morgan fingerprint density at radius 2 is 1.84 bits per heavy atom. The molecule has 0 bridgehead atoms. The molecule has 1 saturated carbocycles. The number of hydrogen-bond acceptors (Lipinski definition) is 7. The number of methoxy groups -OCH3 is 1. The van der Waals surface area contributed by atoms with Crippen molar-refractivity contribution >= 4 is 29.0 Å². The van der Waals surface area contributed by atoms with E-state index in [0.29, 0.717) is 46.5 Å². The summed E-state index contributed by atoms with van der Waals surface area (Å²) in [6.45, 7) is 2.50. The first-order valence-corrected chi connectivity index (χ1v) is 14.6. The van der Waals surface area contributed by atoms with Crippen LogP contribution in [0.4, 0.5) is 8.78 Å². The number of amides is 2. The van der Waals surface area contributed by atoms with Crippen molar-refractivity contribution in [2.45, 2.75) is 38.5 Å². The number of pyridine rings is 2. The zero-order valence-corrected chi connectivity index (χ0v) is 25.3. The Morgan fingerprint density at radius 1 is 1.11 bits per heavy atom. The number of nitrogens with zero attached hydrogens (tertiary/aromatic N) is 2. The van der Waals surface area contributed by atoms with E-state index < -0.39 is 36.3 Å². The summed E-state index contributed by atoms with van der Waals surface area (Å²) < 4.78 is 38.9. The molecule has 3 N–H and O–H groups in total. The van der Waals surface area contributed by atoms with Gasteiger partial charge in [-0.15, -0.1) is 0 Å². The molecule has 0 saturated heterocycles. The van der Waals surface area contributed by atoms with Crippen molar-refractivity contribution in [3.63, 3.8) is 0 Å². The van der Waals surface area contributed by atoms with E-state index in [-0.39, 0.29) is 30.3 Å². The molecule has 1 atom stereocenters. The number of fused-ring (bicyclic) bond motifs is 1. The SMILES string of the molecule is COc1cc(C(=O)NC[C@](C=O)(c2cc(CCF)c(OCC(N)=O)c(-c3ccc(F)cc3)n2)C2CC2)cc2cc(C)c(C)nc12. The molecule has 2 amide bonds. The van der Waals surface area contributed by atoms with Gasteiger partial charge in [0.1, 0.15) is 34.8 Å². The number of aromatic nitrogens is 2. The van der Waals surface area contributed by atoms with E-state index in [1.165, 1.54) is 31.4 Å². The van der Waals surface area contributed by atoms with Crippen molar-refractivity contribution in [2.75, 3.05) is 26.9 Å². The van der Waals surface area contributed by atoms with Crippen LogP contribution in [0.25, 0.3) is 22.2 Å². The standard InChI is InChI=1S/C34H34F2N4O5/c1-19-12-23-13-24(14-27(44-3)30(23)39-20(19)2)33(43)38-17-34(18-41,25-6-7-25)28-15-22(10-11-35)32(45-16-29(37)42)31(40-28)21-4-8-26(36)9-5-21/h4-5,8-9,12-15,18,25H,6-7,10-11,16-17H2,1-3H3,(H2,37,42)(H,38,43)/t34-/m1/s1. The molecule has 45 heavy (non-hydrogen) atoms. The zero-order valence-electron chi connectivity index (χ0n) is 25.3. The summed E-state index contributed by atoms with van der Waals surface area (Å²) >= 11 is 0. The van der Waals surface area contributed by atoms with Crippen LogP contribution in [0.3, 0.4) is 0 Å². The molecular formula is C34H34F2N4O5. The van der Waals surface area contributed by atoms with Gasteiger partial charge in [0.2, 0.25) is 0 Å². The van der Waals surface area contributed by atoms with Gasteiger partial charge in [-0.2, -0.15) is 0 Å². The number of primary amides is 1. The van der Waals surface area contributed by atoms with Crippen LogP contribution in [0.5, 0.6) is 11.5 Å². The average Bonchev–Trinajstić information content (AvgIpc) is 3.87. The molecule has 0 aliphatic heterocycles. The minimum Gasteiger partial charge on any atom is -0.494 e. The predicted molar refractivity (Wildman–Crippen MR) is 165 cm³/mol. The topological polar surface area (TPSA) is 134 Å². The monoisotopic (exact) mass is 616 g/mol. The first kappa shape index (κ1) is 31.5. The lowest BCUT2D eigenvalue weighted by atomic mass is 9.79. The average molecular weight is 617 g/mol. The Labute approximate surface area is 259 Å². The Hall–Kier alpha value is -4.93. The van der Waals surface area contributed by atoms with Gasteiger partial charge in [0.15, 0.2) is 6.61 Å². The molecule has 2 aromatic heterocycles. The van der Waals surface area contributed by atoms with E-state index in [4.69, 9.17) is 20.2 Å². The lowest BCUT2D eigenvalue weighted by molar-refractivity contribution is -0.120. The maximum absolute atomic E-state index is 13.8. The van der Waals surface area contributed by atoms with Crippen molar-refractivity contribution in [3.05, 3.63) is 82.4 Å². The van der Waals surface area contributed by atoms with Crippen molar-refractivity contribution in [1.82, 2.24) is 15.3 Å². The van der Waals surface area contributed by atoms with Crippen LogP contribution in [-0.4, -0.2) is 55.0 Å². The molecular weight excluding hydrogens is 582 g/mol. The van der Waals surface area contributed by atoms with Gasteiger partial charge in [-0.3, -0.25) is 14.0 Å². The minimum atomic E-state index is -1.26. The van der Waals surface area contributed by atoms with E-state index in [9.17, 15) is 23.2 Å². The van der Waals surface area contributed by atoms with Gasteiger partial charge in [0, 0.05) is 40.7 Å². The minimum absolute atomic E-state index is 0.0854. The highest BCUT2D eigenvalue weighted by Crippen LogP contribution is 2.47. The van der Waals surface area contributed by atoms with Gasteiger partial charge in [-0.1, -0.05) is 0 Å². The van der Waals surface area contributed by atoms with Crippen LogP contribution in [0.15, 0.2) is 48.5 Å². The molecule has 2 aromatic carbocycles. The molecule has 9 nitrogen and oxygen atoms in total. The first-order chi connectivity index (χ1) is 21.6. The fourth-order valence-electron chi connectivity index (χ4n) is 5.53. The van der Waals surface area contributed by atoms with E-state index in [2.05, 4.69) is 10.3 Å². The molecule has 0 radical (unpaired) electrons. The summed E-state index contributed by atoms with van der Waals surface area (Å²) in [7, 11) is 1.51. The summed E-state index contributed by atoms with van der Waals surface area (Å²) in [4.78, 5) is 47.6. The number of carbonyl (C=O) groups is 3. The van der Waals surface area contributed by atoms with Gasteiger partial charge in [0.25, 0.3) is 11.8 Å². The molecule has 0 unspecified atom stereocenters. The quantitative estimate of drug-likeness (QED) is 0.208. The third kappa shape index (κ3) is 6.47. The van der Waals surface area contributed by atoms with Crippen LogP contribution < -0.4 is 20.5 Å². The number of ether oxygens (including phenoxy) is 2. The molecule has 234 valence electrons. The van der Waals surface area contributed by atoms with Crippen molar-refractivity contribution < 1.29 is 32.6 Å². The summed E-state index contributed by atoms with van der Waals surface area (Å²) in [5.41, 5.74) is 8.13. The Morgan fingerprint density at radius 3 is 2.47 bits per heavy atom. The summed E-state index contributed by atoms with van der Waals surface area (Å²) in [5.74, 6) is -1.23. The van der Waals surface area contributed by atoms with Gasteiger partial charge in [-0.05, 0) is 86.7 Å². The van der Waals surface area contributed by atoms with Crippen molar-refractivity contribution in [3.8, 4) is 22.8 Å². The molecule has 1 fully saturated rings. The number of aldehydes is 1. The van der Waals surface area contributed by atoms with E-state index in [1.54, 1.807) is 18.2 Å². The number of benzene rings is 2. The molecule has 5 rings (SSSR count). The third-order valence-corrected chi connectivity index (χ3v) is 8.23. The molecule has 2 heterocycles. The number of halogens is 2. The summed E-state index contributed by atoms with van der Waals surface area (Å²) in [6.07, 6.45) is 2.11. The van der Waals surface area contributed by atoms with Gasteiger partial charge >= 0.3 is 0 Å². The lowest BCUT2D eigenvalue weighted by Crippen LogP contribution is -2.44. The van der Waals surface area contributed by atoms with Crippen LogP contribution >= 0.6 is 0 Å². The fourth-order valence-corrected chi connectivity index (χ4v) is 5.53. The Kier molecular flexibility index (Phi) is 9.08. The predicted octanol–water partition coefficient (Wildman–Crippen LogP) is 4.71. The zero-order chi connectivity index (χ0) is 32.3. The lowest BCUT2D eigenvalue weighted by Gasteiger charge is -2.30. The highest BCUT2D eigenvalue weighted by Gasteiger charge is 2.48. The molecule has 11 heteroatoms. The number of hydrogen-bond donors (Lipinski definition) is 2. The summed E-state index contributed by atoms with van der Waals surface area (Å²) in [5, 5.41) is 3.66. The molecule has 1 aliphatic rings. The van der Waals surface area contributed by atoms with Gasteiger partial charge < -0.3 is 25.3 Å². The second-order valence-corrected chi connectivity index (χ2v) is 11.3. The Balaban J connectivity index is 1.56. The second-order valence-electron chi connectivity index (χ2n) is 11.3. The number of carbonyl (C=O) groups excluding carboxylic acids is 3. The number of rotatable bonds is 13. The smallest absolute Gasteiger partial charge is 0.255 e. The molecule has 4 aromatic rings. The third-order valence-electron chi connectivity index (χ3n) is 8.23. The van der Waals surface area contributed by atoms with Crippen LogP contribution in [-0.2, 0) is 21.4 Å². The number of nitrogens with two attached hydrogens (primary N) is 1. The maximum Gasteiger partial charge on any atom is 0.255 e. The van der Waals surface area contributed by atoms with Crippen LogP contribution in [0, 0.1) is 25.6 Å². The first-order valence-electron chi connectivity index (χ1n) is 14.6. The largest absolute Gasteiger partial charge is 0.494 e.